The molecule has 0 aliphatic carbocycles. The lowest BCUT2D eigenvalue weighted by Gasteiger charge is -2.47. The van der Waals surface area contributed by atoms with Gasteiger partial charge in [0.25, 0.3) is 0 Å². The van der Waals surface area contributed by atoms with Crippen LogP contribution in [0.3, 0.4) is 0 Å². The van der Waals surface area contributed by atoms with E-state index in [9.17, 15) is 0 Å². The molecule has 0 atom stereocenters. The topological polar surface area (TPSA) is 25.4 Å². The first-order valence-corrected chi connectivity index (χ1v) is 6.68. The fourth-order valence-corrected chi connectivity index (χ4v) is 3.01. The molecule has 3 nitrogen and oxygen atoms in total. The molecular formula is C14H21ClN2O. The Morgan fingerprint density at radius 1 is 1.22 bits per heavy atom. The van der Waals surface area contributed by atoms with E-state index in [0.29, 0.717) is 5.15 Å². The van der Waals surface area contributed by atoms with Crippen LogP contribution in [0.2, 0.25) is 5.15 Å². The minimum atomic E-state index is -0.125. The first-order valence-electron chi connectivity index (χ1n) is 6.30. The van der Waals surface area contributed by atoms with E-state index in [1.807, 2.05) is 12.1 Å². The molecule has 0 radical (unpaired) electrons. The lowest BCUT2D eigenvalue weighted by molar-refractivity contribution is -0.182. The molecule has 0 aromatic carbocycles. The SMILES string of the molecule is CC1(C)CN(Cc2cccc(Cl)n2)CC(C)(C)O1. The normalized spacial score (nSPS) is 22.9. The van der Waals surface area contributed by atoms with E-state index >= 15 is 0 Å². The number of aromatic nitrogens is 1. The van der Waals surface area contributed by atoms with Crippen molar-refractivity contribution in [3.05, 3.63) is 29.0 Å². The van der Waals surface area contributed by atoms with Crippen molar-refractivity contribution in [2.75, 3.05) is 13.1 Å². The fraction of sp³-hybridized carbons (Fsp3) is 0.643. The molecule has 0 saturated carbocycles. The Labute approximate surface area is 114 Å². The molecule has 100 valence electrons. The number of morpholine rings is 1. The van der Waals surface area contributed by atoms with Gasteiger partial charge in [-0.2, -0.15) is 0 Å². The number of hydrogen-bond donors (Lipinski definition) is 0. The largest absolute Gasteiger partial charge is 0.367 e. The van der Waals surface area contributed by atoms with Crippen molar-refractivity contribution in [2.45, 2.75) is 45.4 Å². The zero-order valence-electron chi connectivity index (χ0n) is 11.5. The fourth-order valence-electron chi connectivity index (χ4n) is 2.82. The van der Waals surface area contributed by atoms with Crippen LogP contribution < -0.4 is 0 Å². The summed E-state index contributed by atoms with van der Waals surface area (Å²) < 4.78 is 6.06. The predicted molar refractivity (Wildman–Crippen MR) is 73.8 cm³/mol. The van der Waals surface area contributed by atoms with Crippen LogP contribution in [0.1, 0.15) is 33.4 Å². The molecule has 0 amide bonds. The van der Waals surface area contributed by atoms with Gasteiger partial charge < -0.3 is 4.74 Å². The van der Waals surface area contributed by atoms with E-state index in [1.54, 1.807) is 6.07 Å². The number of pyridine rings is 1. The zero-order valence-corrected chi connectivity index (χ0v) is 12.3. The number of nitrogens with zero attached hydrogens (tertiary/aromatic N) is 2. The minimum Gasteiger partial charge on any atom is -0.367 e. The highest BCUT2D eigenvalue weighted by molar-refractivity contribution is 6.29. The molecule has 4 heteroatoms. The second-order valence-corrected chi connectivity index (χ2v) is 6.61. The van der Waals surface area contributed by atoms with Crippen LogP contribution in [0.15, 0.2) is 18.2 Å². The average Bonchev–Trinajstić information content (AvgIpc) is 2.11. The van der Waals surface area contributed by atoms with Gasteiger partial charge in [0.1, 0.15) is 5.15 Å². The van der Waals surface area contributed by atoms with Gasteiger partial charge in [-0.15, -0.1) is 0 Å². The van der Waals surface area contributed by atoms with E-state index in [4.69, 9.17) is 16.3 Å². The quantitative estimate of drug-likeness (QED) is 0.771. The molecule has 2 heterocycles. The second-order valence-electron chi connectivity index (χ2n) is 6.22. The van der Waals surface area contributed by atoms with Gasteiger partial charge in [0, 0.05) is 19.6 Å². The third-order valence-corrected chi connectivity index (χ3v) is 3.13. The molecule has 2 rings (SSSR count). The third-order valence-electron chi connectivity index (χ3n) is 2.92. The first kappa shape index (κ1) is 13.8. The van der Waals surface area contributed by atoms with Gasteiger partial charge in [-0.1, -0.05) is 17.7 Å². The van der Waals surface area contributed by atoms with Crippen molar-refractivity contribution < 1.29 is 4.74 Å². The maximum absolute atomic E-state index is 6.06. The lowest BCUT2D eigenvalue weighted by Crippen LogP contribution is -2.56. The summed E-state index contributed by atoms with van der Waals surface area (Å²) in [5.41, 5.74) is 0.761. The molecule has 0 bridgehead atoms. The van der Waals surface area contributed by atoms with Crippen LogP contribution in [0.5, 0.6) is 0 Å². The highest BCUT2D eigenvalue weighted by Gasteiger charge is 2.37. The van der Waals surface area contributed by atoms with E-state index in [2.05, 4.69) is 37.6 Å². The van der Waals surface area contributed by atoms with Gasteiger partial charge in [0.15, 0.2) is 0 Å². The van der Waals surface area contributed by atoms with Gasteiger partial charge in [-0.25, -0.2) is 4.98 Å². The lowest BCUT2D eigenvalue weighted by atomic mass is 9.99. The highest BCUT2D eigenvalue weighted by atomic mass is 35.5. The molecule has 1 aliphatic heterocycles. The smallest absolute Gasteiger partial charge is 0.129 e. The number of halogens is 1. The van der Waals surface area contributed by atoms with Crippen LogP contribution >= 0.6 is 11.6 Å². The van der Waals surface area contributed by atoms with Crippen LogP contribution in [-0.2, 0) is 11.3 Å². The molecular weight excluding hydrogens is 248 g/mol. The highest BCUT2D eigenvalue weighted by Crippen LogP contribution is 2.28. The van der Waals surface area contributed by atoms with Crippen molar-refractivity contribution >= 4 is 11.6 Å². The molecule has 18 heavy (non-hydrogen) atoms. The second kappa shape index (κ2) is 4.80. The Hall–Kier alpha value is -0.640. The maximum atomic E-state index is 6.06. The molecule has 1 fully saturated rings. The van der Waals surface area contributed by atoms with Crippen LogP contribution in [0, 0.1) is 0 Å². The maximum Gasteiger partial charge on any atom is 0.129 e. The Morgan fingerprint density at radius 3 is 2.39 bits per heavy atom. The third kappa shape index (κ3) is 3.67. The van der Waals surface area contributed by atoms with Crippen molar-refractivity contribution in [1.29, 1.82) is 0 Å². The summed E-state index contributed by atoms with van der Waals surface area (Å²) in [6.45, 7) is 11.2. The van der Waals surface area contributed by atoms with Crippen molar-refractivity contribution in [3.8, 4) is 0 Å². The molecule has 0 unspecified atom stereocenters. The monoisotopic (exact) mass is 268 g/mol. The summed E-state index contributed by atoms with van der Waals surface area (Å²) in [6.07, 6.45) is 0. The summed E-state index contributed by atoms with van der Waals surface area (Å²) >= 11 is 5.92. The van der Waals surface area contributed by atoms with Gasteiger partial charge >= 0.3 is 0 Å². The van der Waals surface area contributed by atoms with Crippen molar-refractivity contribution in [2.24, 2.45) is 0 Å². The Kier molecular flexibility index (Phi) is 3.67. The van der Waals surface area contributed by atoms with E-state index in [-0.39, 0.29) is 11.2 Å². The van der Waals surface area contributed by atoms with E-state index in [0.717, 1.165) is 25.3 Å². The summed E-state index contributed by atoms with van der Waals surface area (Å²) in [7, 11) is 0. The van der Waals surface area contributed by atoms with Crippen molar-refractivity contribution in [3.63, 3.8) is 0 Å². The summed E-state index contributed by atoms with van der Waals surface area (Å²) in [5, 5.41) is 0.555. The predicted octanol–water partition coefficient (Wildman–Crippen LogP) is 3.12. The minimum absolute atomic E-state index is 0.125. The summed E-state index contributed by atoms with van der Waals surface area (Å²) in [6, 6.07) is 5.76. The standard InChI is InChI=1S/C14H21ClN2O/c1-13(2)9-17(10-14(3,4)18-13)8-11-6-5-7-12(15)16-11/h5-7H,8-10H2,1-4H3. The molecule has 1 aromatic rings. The average molecular weight is 269 g/mol. The zero-order chi connectivity index (χ0) is 13.4. The van der Waals surface area contributed by atoms with Gasteiger partial charge in [-0.05, 0) is 39.8 Å². The molecule has 1 saturated heterocycles. The van der Waals surface area contributed by atoms with Crippen molar-refractivity contribution in [1.82, 2.24) is 9.88 Å². The Balaban J connectivity index is 2.09. The van der Waals surface area contributed by atoms with Crippen LogP contribution in [0.25, 0.3) is 0 Å². The van der Waals surface area contributed by atoms with Gasteiger partial charge in [-0.3, -0.25) is 4.90 Å². The number of hydrogen-bond acceptors (Lipinski definition) is 3. The number of rotatable bonds is 2. The summed E-state index contributed by atoms with van der Waals surface area (Å²) in [4.78, 5) is 6.72. The van der Waals surface area contributed by atoms with Gasteiger partial charge in [0.05, 0.1) is 16.9 Å². The van der Waals surface area contributed by atoms with Gasteiger partial charge in [0.2, 0.25) is 0 Å². The Bertz CT molecular complexity index is 416. The molecule has 1 aliphatic rings. The summed E-state index contributed by atoms with van der Waals surface area (Å²) in [5.74, 6) is 0. The Morgan fingerprint density at radius 2 is 1.83 bits per heavy atom. The molecule has 1 aromatic heterocycles. The van der Waals surface area contributed by atoms with E-state index in [1.165, 1.54) is 0 Å². The number of ether oxygens (including phenoxy) is 1. The molecule has 0 N–H and O–H groups in total. The molecule has 0 spiro atoms. The van der Waals surface area contributed by atoms with Crippen LogP contribution in [0.4, 0.5) is 0 Å². The first-order chi connectivity index (χ1) is 8.26. The van der Waals surface area contributed by atoms with Crippen LogP contribution in [-0.4, -0.2) is 34.2 Å². The van der Waals surface area contributed by atoms with E-state index < -0.39 is 0 Å².